The first-order valence-electron chi connectivity index (χ1n) is 6.75. The summed E-state index contributed by atoms with van der Waals surface area (Å²) in [7, 11) is 0. The van der Waals surface area contributed by atoms with Crippen molar-refractivity contribution in [3.8, 4) is 0 Å². The lowest BCUT2D eigenvalue weighted by Crippen LogP contribution is -2.25. The SMILES string of the molecule is CCNC(c1ccncc1C)c1ccccc1C(F)(F)F. The third-order valence-electron chi connectivity index (χ3n) is 3.36. The average Bonchev–Trinajstić information content (AvgIpc) is 2.45. The average molecular weight is 294 g/mol. The second kappa shape index (κ2) is 6.26. The van der Waals surface area contributed by atoms with Crippen LogP contribution in [0, 0.1) is 6.92 Å². The van der Waals surface area contributed by atoms with E-state index in [1.165, 1.54) is 12.1 Å². The molecule has 21 heavy (non-hydrogen) atoms. The number of rotatable bonds is 4. The minimum atomic E-state index is -4.37. The molecule has 5 heteroatoms. The molecule has 112 valence electrons. The monoisotopic (exact) mass is 294 g/mol. The second-order valence-electron chi connectivity index (χ2n) is 4.81. The van der Waals surface area contributed by atoms with Crippen LogP contribution in [-0.4, -0.2) is 11.5 Å². The van der Waals surface area contributed by atoms with Crippen molar-refractivity contribution in [1.29, 1.82) is 0 Å². The summed E-state index contributed by atoms with van der Waals surface area (Å²) in [5.74, 6) is 0. The van der Waals surface area contributed by atoms with Crippen LogP contribution in [0.2, 0.25) is 0 Å². The molecule has 1 unspecified atom stereocenters. The van der Waals surface area contributed by atoms with Crippen LogP contribution in [0.4, 0.5) is 13.2 Å². The van der Waals surface area contributed by atoms with Gasteiger partial charge < -0.3 is 5.32 Å². The molecule has 0 amide bonds. The summed E-state index contributed by atoms with van der Waals surface area (Å²) in [6.45, 7) is 4.29. The van der Waals surface area contributed by atoms with E-state index in [2.05, 4.69) is 10.3 Å². The lowest BCUT2D eigenvalue weighted by Gasteiger charge is -2.24. The number of halogens is 3. The largest absolute Gasteiger partial charge is 0.416 e. The first-order valence-corrected chi connectivity index (χ1v) is 6.75. The predicted octanol–water partition coefficient (Wildman–Crippen LogP) is 4.11. The number of hydrogen-bond acceptors (Lipinski definition) is 2. The molecule has 0 aliphatic heterocycles. The molecule has 2 rings (SSSR count). The third-order valence-corrected chi connectivity index (χ3v) is 3.36. The van der Waals surface area contributed by atoms with E-state index in [0.717, 1.165) is 17.2 Å². The summed E-state index contributed by atoms with van der Waals surface area (Å²) in [6, 6.07) is 6.94. The molecule has 0 fully saturated rings. The predicted molar refractivity (Wildman–Crippen MR) is 75.9 cm³/mol. The standard InChI is InChI=1S/C16H17F3N2/c1-3-21-15(12-8-9-20-10-11(12)2)13-6-4-5-7-14(13)16(17,18)19/h4-10,15,21H,3H2,1-2H3. The van der Waals surface area contributed by atoms with Crippen molar-refractivity contribution in [1.82, 2.24) is 10.3 Å². The van der Waals surface area contributed by atoms with Gasteiger partial charge in [0.05, 0.1) is 11.6 Å². The smallest absolute Gasteiger partial charge is 0.307 e. The Balaban J connectivity index is 2.57. The van der Waals surface area contributed by atoms with E-state index < -0.39 is 17.8 Å². The zero-order valence-corrected chi connectivity index (χ0v) is 11.9. The Morgan fingerprint density at radius 3 is 2.48 bits per heavy atom. The van der Waals surface area contributed by atoms with E-state index >= 15 is 0 Å². The zero-order chi connectivity index (χ0) is 15.5. The molecule has 2 aromatic rings. The van der Waals surface area contributed by atoms with Crippen LogP contribution >= 0.6 is 0 Å². The first kappa shape index (κ1) is 15.5. The highest BCUT2D eigenvalue weighted by molar-refractivity contribution is 5.40. The summed E-state index contributed by atoms with van der Waals surface area (Å²) in [5.41, 5.74) is 1.30. The van der Waals surface area contributed by atoms with Gasteiger partial charge in [-0.3, -0.25) is 4.98 Å². The van der Waals surface area contributed by atoms with E-state index in [0.29, 0.717) is 6.54 Å². The van der Waals surface area contributed by atoms with Gasteiger partial charge in [0.15, 0.2) is 0 Å². The fourth-order valence-electron chi connectivity index (χ4n) is 2.41. The van der Waals surface area contributed by atoms with Crippen LogP contribution in [0.3, 0.4) is 0 Å². The number of aryl methyl sites for hydroxylation is 1. The van der Waals surface area contributed by atoms with Gasteiger partial charge in [-0.15, -0.1) is 0 Å². The molecule has 2 nitrogen and oxygen atoms in total. The lowest BCUT2D eigenvalue weighted by molar-refractivity contribution is -0.138. The van der Waals surface area contributed by atoms with Gasteiger partial charge in [-0.25, -0.2) is 0 Å². The molecule has 1 aromatic carbocycles. The minimum absolute atomic E-state index is 0.237. The Bertz CT molecular complexity index is 608. The number of hydrogen-bond donors (Lipinski definition) is 1. The van der Waals surface area contributed by atoms with Crippen molar-refractivity contribution >= 4 is 0 Å². The van der Waals surface area contributed by atoms with Crippen LogP contribution in [0.5, 0.6) is 0 Å². The van der Waals surface area contributed by atoms with E-state index in [9.17, 15) is 13.2 Å². The molecule has 1 atom stereocenters. The van der Waals surface area contributed by atoms with Gasteiger partial charge in [0.2, 0.25) is 0 Å². The maximum atomic E-state index is 13.2. The van der Waals surface area contributed by atoms with E-state index in [4.69, 9.17) is 0 Å². The van der Waals surface area contributed by atoms with Crippen LogP contribution in [-0.2, 0) is 6.18 Å². The van der Waals surface area contributed by atoms with Gasteiger partial charge in [-0.05, 0) is 42.3 Å². The third kappa shape index (κ3) is 3.42. The van der Waals surface area contributed by atoms with Crippen LogP contribution < -0.4 is 5.32 Å². The van der Waals surface area contributed by atoms with Crippen molar-refractivity contribution in [2.45, 2.75) is 26.1 Å². The highest BCUT2D eigenvalue weighted by atomic mass is 19.4. The molecule has 0 saturated heterocycles. The number of aromatic nitrogens is 1. The minimum Gasteiger partial charge on any atom is -0.307 e. The summed E-state index contributed by atoms with van der Waals surface area (Å²) < 4.78 is 39.7. The molecule has 0 bridgehead atoms. The normalized spacial score (nSPS) is 13.2. The Hall–Kier alpha value is -1.88. The van der Waals surface area contributed by atoms with Gasteiger partial charge in [-0.1, -0.05) is 25.1 Å². The van der Waals surface area contributed by atoms with Gasteiger partial charge in [0.1, 0.15) is 0 Å². The van der Waals surface area contributed by atoms with Crippen molar-refractivity contribution in [2.75, 3.05) is 6.54 Å². The van der Waals surface area contributed by atoms with E-state index in [1.54, 1.807) is 24.5 Å². The Kier molecular flexibility index (Phi) is 4.63. The van der Waals surface area contributed by atoms with Crippen molar-refractivity contribution in [2.24, 2.45) is 0 Å². The second-order valence-corrected chi connectivity index (χ2v) is 4.81. The quantitative estimate of drug-likeness (QED) is 0.918. The van der Waals surface area contributed by atoms with Gasteiger partial charge in [0.25, 0.3) is 0 Å². The Morgan fingerprint density at radius 1 is 1.14 bits per heavy atom. The molecule has 1 N–H and O–H groups in total. The van der Waals surface area contributed by atoms with Gasteiger partial charge in [0, 0.05) is 12.4 Å². The van der Waals surface area contributed by atoms with E-state index in [1.807, 2.05) is 13.8 Å². The maximum Gasteiger partial charge on any atom is 0.416 e. The van der Waals surface area contributed by atoms with Crippen LogP contribution in [0.1, 0.15) is 35.2 Å². The highest BCUT2D eigenvalue weighted by Gasteiger charge is 2.35. The molecule has 0 radical (unpaired) electrons. The number of alkyl halides is 3. The summed E-state index contributed by atoms with van der Waals surface area (Å²) >= 11 is 0. The molecule has 0 saturated carbocycles. The fraction of sp³-hybridized carbons (Fsp3) is 0.312. The fourth-order valence-corrected chi connectivity index (χ4v) is 2.41. The molecular weight excluding hydrogens is 277 g/mol. The Morgan fingerprint density at radius 2 is 1.86 bits per heavy atom. The Labute approximate surface area is 122 Å². The molecule has 0 spiro atoms. The van der Waals surface area contributed by atoms with Crippen LogP contribution in [0.25, 0.3) is 0 Å². The molecular formula is C16H17F3N2. The van der Waals surface area contributed by atoms with E-state index in [-0.39, 0.29) is 5.56 Å². The zero-order valence-electron chi connectivity index (χ0n) is 11.9. The topological polar surface area (TPSA) is 24.9 Å². The number of nitrogens with zero attached hydrogens (tertiary/aromatic N) is 1. The van der Waals surface area contributed by atoms with Gasteiger partial charge in [-0.2, -0.15) is 13.2 Å². The molecule has 1 heterocycles. The number of benzene rings is 1. The number of nitrogens with one attached hydrogen (secondary N) is 1. The molecule has 0 aliphatic rings. The summed E-state index contributed by atoms with van der Waals surface area (Å²) in [4.78, 5) is 4.00. The lowest BCUT2D eigenvalue weighted by atomic mass is 9.92. The molecule has 1 aromatic heterocycles. The first-order chi connectivity index (χ1) is 9.95. The highest BCUT2D eigenvalue weighted by Crippen LogP contribution is 2.36. The van der Waals surface area contributed by atoms with Crippen molar-refractivity contribution < 1.29 is 13.2 Å². The maximum absolute atomic E-state index is 13.2. The molecule has 0 aliphatic carbocycles. The van der Waals surface area contributed by atoms with Crippen molar-refractivity contribution in [3.05, 3.63) is 65.0 Å². The summed E-state index contributed by atoms with van der Waals surface area (Å²) in [6.07, 6.45) is -1.11. The van der Waals surface area contributed by atoms with Crippen LogP contribution in [0.15, 0.2) is 42.7 Å². The number of pyridine rings is 1. The summed E-state index contributed by atoms with van der Waals surface area (Å²) in [5, 5.41) is 3.14. The van der Waals surface area contributed by atoms with Crippen molar-refractivity contribution in [3.63, 3.8) is 0 Å². The van der Waals surface area contributed by atoms with Gasteiger partial charge >= 0.3 is 6.18 Å².